The number of methoxy groups -OCH3 is 2. The fraction of sp³-hybridized carbons (Fsp3) is 0.190. The lowest BCUT2D eigenvalue weighted by Crippen LogP contribution is -2.36. The van der Waals surface area contributed by atoms with Gasteiger partial charge in [0.25, 0.3) is 5.91 Å². The van der Waals surface area contributed by atoms with Crippen LogP contribution in [-0.2, 0) is 4.79 Å². The number of fused-ring (bicyclic) bond motifs is 1. The highest BCUT2D eigenvalue weighted by molar-refractivity contribution is 9.10. The molecule has 1 unspecified atom stereocenters. The van der Waals surface area contributed by atoms with Crippen LogP contribution in [0.3, 0.4) is 0 Å². The first-order valence-electron chi connectivity index (χ1n) is 8.78. The molecule has 1 amide bonds. The second-order valence-corrected chi connectivity index (χ2v) is 7.26. The van der Waals surface area contributed by atoms with E-state index in [0.29, 0.717) is 28.0 Å². The molecule has 3 aromatic rings. The number of carbonyl (C=O) groups excluding carboxylic acids is 2. The van der Waals surface area contributed by atoms with Gasteiger partial charge in [-0.2, -0.15) is 0 Å². The highest BCUT2D eigenvalue weighted by atomic mass is 79.9. The van der Waals surface area contributed by atoms with E-state index in [1.807, 2.05) is 0 Å². The van der Waals surface area contributed by atoms with Crippen molar-refractivity contribution in [2.75, 3.05) is 14.2 Å². The van der Waals surface area contributed by atoms with Crippen LogP contribution in [0.1, 0.15) is 28.4 Å². The molecule has 0 saturated carbocycles. The van der Waals surface area contributed by atoms with E-state index in [1.165, 1.54) is 20.3 Å². The average molecular weight is 475 g/mol. The van der Waals surface area contributed by atoms with E-state index in [-0.39, 0.29) is 5.56 Å². The Kier molecular flexibility index (Phi) is 6.41. The van der Waals surface area contributed by atoms with Crippen LogP contribution in [0, 0.1) is 0 Å². The third kappa shape index (κ3) is 4.62. The van der Waals surface area contributed by atoms with Gasteiger partial charge in [0.05, 0.1) is 20.3 Å². The molecule has 0 aliphatic carbocycles. The summed E-state index contributed by atoms with van der Waals surface area (Å²) in [5, 5.41) is 14.4. The number of benzene rings is 2. The molecule has 0 fully saturated rings. The van der Waals surface area contributed by atoms with Crippen molar-refractivity contribution in [3.63, 3.8) is 0 Å². The Morgan fingerprint density at radius 3 is 2.50 bits per heavy atom. The molecule has 1 heterocycles. The van der Waals surface area contributed by atoms with E-state index in [2.05, 4.69) is 21.2 Å². The number of halogens is 1. The van der Waals surface area contributed by atoms with E-state index in [4.69, 9.17) is 13.9 Å². The Morgan fingerprint density at radius 1 is 1.10 bits per heavy atom. The van der Waals surface area contributed by atoms with Crippen molar-refractivity contribution >= 4 is 38.8 Å². The van der Waals surface area contributed by atoms with Gasteiger partial charge in [-0.05, 0) is 42.0 Å². The van der Waals surface area contributed by atoms with Gasteiger partial charge < -0.3 is 29.1 Å². The minimum Gasteiger partial charge on any atom is -0.550 e. The minimum atomic E-state index is -1.37. The van der Waals surface area contributed by atoms with Crippen LogP contribution in [0.5, 0.6) is 11.5 Å². The summed E-state index contributed by atoms with van der Waals surface area (Å²) in [4.78, 5) is 36.3. The largest absolute Gasteiger partial charge is 0.550 e. The molecule has 0 radical (unpaired) electrons. The van der Waals surface area contributed by atoms with Crippen molar-refractivity contribution in [3.8, 4) is 11.5 Å². The van der Waals surface area contributed by atoms with Crippen LogP contribution < -0.4 is 25.5 Å². The molecule has 0 saturated heterocycles. The number of nitrogens with one attached hydrogen (secondary N) is 1. The first-order chi connectivity index (χ1) is 14.3. The maximum absolute atomic E-state index is 12.8. The molecule has 1 atom stereocenters. The van der Waals surface area contributed by atoms with Crippen molar-refractivity contribution in [1.82, 2.24) is 5.32 Å². The molecule has 3 rings (SSSR count). The smallest absolute Gasteiger partial charge is 0.349 e. The quantitative estimate of drug-likeness (QED) is 0.521. The van der Waals surface area contributed by atoms with Crippen molar-refractivity contribution in [1.29, 1.82) is 0 Å². The number of aliphatic carboxylic acids is 1. The standard InChI is InChI=1S/C21H18BrNO7/c1-28-17-5-3-11(9-18(17)29-2)15(10-19(24)25)23-20(26)14-8-12-7-13(22)4-6-16(12)30-21(14)27/h3-9,15H,10H2,1-2H3,(H,23,26)(H,24,25)/p-1. The molecular formula is C21H17BrNO7-. The number of hydrogen-bond donors (Lipinski definition) is 1. The molecule has 1 N–H and O–H groups in total. The minimum absolute atomic E-state index is 0.246. The molecule has 9 heteroatoms. The second kappa shape index (κ2) is 9.00. The first-order valence-corrected chi connectivity index (χ1v) is 9.57. The Hall–Kier alpha value is -3.33. The number of hydrogen-bond acceptors (Lipinski definition) is 7. The molecule has 0 aliphatic heterocycles. The third-order valence-electron chi connectivity index (χ3n) is 4.42. The molecule has 2 aromatic carbocycles. The van der Waals surface area contributed by atoms with E-state index < -0.39 is 30.0 Å². The maximum Gasteiger partial charge on any atom is 0.349 e. The van der Waals surface area contributed by atoms with Gasteiger partial charge in [-0.15, -0.1) is 0 Å². The number of amides is 1. The molecule has 8 nitrogen and oxygen atoms in total. The zero-order chi connectivity index (χ0) is 21.8. The molecular weight excluding hydrogens is 458 g/mol. The van der Waals surface area contributed by atoms with E-state index >= 15 is 0 Å². The van der Waals surface area contributed by atoms with Crippen LogP contribution in [-0.4, -0.2) is 26.1 Å². The van der Waals surface area contributed by atoms with Gasteiger partial charge in [0.15, 0.2) is 11.5 Å². The molecule has 156 valence electrons. The fourth-order valence-corrected chi connectivity index (χ4v) is 3.36. The normalized spacial score (nSPS) is 11.7. The molecule has 0 aliphatic rings. The summed E-state index contributed by atoms with van der Waals surface area (Å²) >= 11 is 3.32. The lowest BCUT2D eigenvalue weighted by Gasteiger charge is -2.21. The van der Waals surface area contributed by atoms with Crippen LogP contribution in [0.15, 0.2) is 56.1 Å². The summed E-state index contributed by atoms with van der Waals surface area (Å²) in [7, 11) is 2.90. The van der Waals surface area contributed by atoms with Gasteiger partial charge in [-0.3, -0.25) is 4.79 Å². The van der Waals surface area contributed by atoms with Crippen molar-refractivity contribution < 1.29 is 28.6 Å². The lowest BCUT2D eigenvalue weighted by molar-refractivity contribution is -0.306. The van der Waals surface area contributed by atoms with Crippen molar-refractivity contribution in [2.24, 2.45) is 0 Å². The number of carbonyl (C=O) groups is 2. The summed E-state index contributed by atoms with van der Waals surface area (Å²) in [5.41, 5.74) is -0.310. The number of ether oxygens (including phenoxy) is 2. The topological polar surface area (TPSA) is 118 Å². The van der Waals surface area contributed by atoms with Gasteiger partial charge in [-0.25, -0.2) is 4.79 Å². The molecule has 30 heavy (non-hydrogen) atoms. The SMILES string of the molecule is COc1ccc(C(CC(=O)[O-])NC(=O)c2cc3cc(Br)ccc3oc2=O)cc1OC. The predicted octanol–water partition coefficient (Wildman–Crippen LogP) is 2.18. The number of carboxylic acid groups (broad SMARTS) is 1. The Bertz CT molecular complexity index is 1170. The van der Waals surface area contributed by atoms with Gasteiger partial charge >= 0.3 is 5.63 Å². The third-order valence-corrected chi connectivity index (χ3v) is 4.92. The lowest BCUT2D eigenvalue weighted by atomic mass is 10.0. The maximum atomic E-state index is 12.8. The average Bonchev–Trinajstić information content (AvgIpc) is 2.72. The van der Waals surface area contributed by atoms with E-state index in [0.717, 1.165) is 4.47 Å². The monoisotopic (exact) mass is 474 g/mol. The van der Waals surface area contributed by atoms with Gasteiger partial charge in [0, 0.05) is 22.2 Å². The summed E-state index contributed by atoms with van der Waals surface area (Å²) in [6.45, 7) is 0. The van der Waals surface area contributed by atoms with Crippen LogP contribution in [0.2, 0.25) is 0 Å². The number of carboxylic acids is 1. The predicted molar refractivity (Wildman–Crippen MR) is 110 cm³/mol. The van der Waals surface area contributed by atoms with Gasteiger partial charge in [0.1, 0.15) is 11.1 Å². The van der Waals surface area contributed by atoms with E-state index in [1.54, 1.807) is 36.4 Å². The first kappa shape index (κ1) is 21.4. The van der Waals surface area contributed by atoms with Crippen LogP contribution in [0.25, 0.3) is 11.0 Å². The summed E-state index contributed by atoms with van der Waals surface area (Å²) in [6, 6.07) is 10.2. The fourth-order valence-electron chi connectivity index (χ4n) is 2.98. The van der Waals surface area contributed by atoms with Crippen molar-refractivity contribution in [2.45, 2.75) is 12.5 Å². The van der Waals surface area contributed by atoms with Crippen LogP contribution >= 0.6 is 15.9 Å². The highest BCUT2D eigenvalue weighted by Gasteiger charge is 2.21. The molecule has 0 bridgehead atoms. The second-order valence-electron chi connectivity index (χ2n) is 6.35. The summed E-state index contributed by atoms with van der Waals surface area (Å²) in [6.07, 6.45) is -0.508. The van der Waals surface area contributed by atoms with Gasteiger partial charge in [-0.1, -0.05) is 22.0 Å². The van der Waals surface area contributed by atoms with Crippen molar-refractivity contribution in [3.05, 3.63) is 68.5 Å². The molecule has 0 spiro atoms. The molecule has 1 aromatic heterocycles. The Balaban J connectivity index is 1.96. The Labute approximate surface area is 179 Å². The zero-order valence-corrected chi connectivity index (χ0v) is 17.6. The zero-order valence-electron chi connectivity index (χ0n) is 16.1. The van der Waals surface area contributed by atoms with Crippen LogP contribution in [0.4, 0.5) is 0 Å². The summed E-state index contributed by atoms with van der Waals surface area (Å²) < 4.78 is 16.3. The van der Waals surface area contributed by atoms with Gasteiger partial charge in [0.2, 0.25) is 0 Å². The van der Waals surface area contributed by atoms with E-state index in [9.17, 15) is 19.5 Å². The number of rotatable bonds is 7. The Morgan fingerprint density at radius 2 is 1.83 bits per heavy atom. The summed E-state index contributed by atoms with van der Waals surface area (Å²) in [5.74, 6) is -1.33. The highest BCUT2D eigenvalue weighted by Crippen LogP contribution is 2.31.